The highest BCUT2D eigenvalue weighted by Gasteiger charge is 2.30. The number of carbonyl (C=O) groups is 2. The Morgan fingerprint density at radius 1 is 1.00 bits per heavy atom. The summed E-state index contributed by atoms with van der Waals surface area (Å²) in [6.45, 7) is 9.91. The molecule has 8 heteroatoms. The monoisotopic (exact) mass is 473 g/mol. The summed E-state index contributed by atoms with van der Waals surface area (Å²) in [7, 11) is -3.74. The maximum Gasteiger partial charge on any atom is 0.244 e. The van der Waals surface area contributed by atoms with Gasteiger partial charge in [-0.05, 0) is 42.5 Å². The first kappa shape index (κ1) is 26.4. The molecule has 2 aromatic rings. The van der Waals surface area contributed by atoms with Crippen LogP contribution in [0.4, 0.5) is 5.69 Å². The third-order valence-corrected chi connectivity index (χ3v) is 6.56. The average molecular weight is 474 g/mol. The maximum absolute atomic E-state index is 13.4. The minimum atomic E-state index is -3.74. The van der Waals surface area contributed by atoms with Crippen molar-refractivity contribution in [2.45, 2.75) is 52.6 Å². The third kappa shape index (κ3) is 7.32. The molecule has 0 heterocycles. The van der Waals surface area contributed by atoms with Gasteiger partial charge in [0.2, 0.25) is 21.8 Å². The molecular weight excluding hydrogens is 438 g/mol. The lowest BCUT2D eigenvalue weighted by atomic mass is 9.87. The molecule has 0 fully saturated rings. The predicted molar refractivity (Wildman–Crippen MR) is 132 cm³/mol. The van der Waals surface area contributed by atoms with E-state index in [0.29, 0.717) is 12.2 Å². The van der Waals surface area contributed by atoms with E-state index in [9.17, 15) is 18.0 Å². The van der Waals surface area contributed by atoms with Crippen LogP contribution in [0.5, 0.6) is 0 Å². The molecule has 2 amide bonds. The summed E-state index contributed by atoms with van der Waals surface area (Å²) < 4.78 is 26.3. The predicted octanol–water partition coefficient (Wildman–Crippen LogP) is 3.30. The number of likely N-dealkylation sites (N-methyl/N-ethyl adjacent to an activating group) is 1. The zero-order chi connectivity index (χ0) is 24.8. The van der Waals surface area contributed by atoms with E-state index < -0.39 is 28.5 Å². The molecule has 1 atom stereocenters. The molecular formula is C25H35N3O4S. The Bertz CT molecular complexity index is 1050. The third-order valence-electron chi connectivity index (χ3n) is 5.41. The smallest absolute Gasteiger partial charge is 0.244 e. The molecule has 0 aliphatic carbocycles. The first-order valence-electron chi connectivity index (χ1n) is 11.0. The van der Waals surface area contributed by atoms with Crippen molar-refractivity contribution in [1.82, 2.24) is 10.2 Å². The van der Waals surface area contributed by atoms with E-state index in [0.717, 1.165) is 21.7 Å². The molecule has 2 rings (SSSR count). The van der Waals surface area contributed by atoms with Crippen molar-refractivity contribution in [3.63, 3.8) is 0 Å². The molecule has 1 N–H and O–H groups in total. The molecule has 2 aromatic carbocycles. The van der Waals surface area contributed by atoms with Crippen LogP contribution in [0.1, 0.15) is 45.7 Å². The van der Waals surface area contributed by atoms with Crippen LogP contribution in [0, 0.1) is 0 Å². The number of benzene rings is 2. The van der Waals surface area contributed by atoms with Gasteiger partial charge >= 0.3 is 0 Å². The van der Waals surface area contributed by atoms with Gasteiger partial charge in [0.05, 0.1) is 11.9 Å². The summed E-state index contributed by atoms with van der Waals surface area (Å²) in [6, 6.07) is 15.7. The number of nitrogens with one attached hydrogen (secondary N) is 1. The van der Waals surface area contributed by atoms with Crippen LogP contribution in [0.3, 0.4) is 0 Å². The minimum Gasteiger partial charge on any atom is -0.355 e. The van der Waals surface area contributed by atoms with Crippen LogP contribution in [0.25, 0.3) is 0 Å². The van der Waals surface area contributed by atoms with Crippen LogP contribution in [-0.2, 0) is 31.6 Å². The van der Waals surface area contributed by atoms with Gasteiger partial charge < -0.3 is 10.2 Å². The van der Waals surface area contributed by atoms with E-state index in [1.54, 1.807) is 26.0 Å². The lowest BCUT2D eigenvalue weighted by Gasteiger charge is -2.31. The first-order valence-corrected chi connectivity index (χ1v) is 12.9. The summed E-state index contributed by atoms with van der Waals surface area (Å²) in [5.41, 5.74) is 2.23. The Labute approximate surface area is 197 Å². The molecule has 7 nitrogen and oxygen atoms in total. The Balaban J connectivity index is 2.36. The van der Waals surface area contributed by atoms with Gasteiger partial charge in [0.1, 0.15) is 12.6 Å². The first-order chi connectivity index (χ1) is 15.3. The standard InChI is InChI=1S/C25H35N3O4S/c1-7-26-24(30)19(2)27(17-20-11-9-8-10-12-20)23(29)18-28(33(6,31)32)22-15-13-21(14-16-22)25(3,4)5/h8-16,19H,7,17-18H2,1-6H3,(H,26,30). The number of sulfonamides is 1. The molecule has 0 aliphatic heterocycles. The molecule has 0 saturated carbocycles. The van der Waals surface area contributed by atoms with E-state index in [4.69, 9.17) is 0 Å². The summed E-state index contributed by atoms with van der Waals surface area (Å²) in [5, 5.41) is 2.74. The van der Waals surface area contributed by atoms with Crippen molar-refractivity contribution in [1.29, 1.82) is 0 Å². The van der Waals surface area contributed by atoms with Crippen LogP contribution >= 0.6 is 0 Å². The Morgan fingerprint density at radius 3 is 2.06 bits per heavy atom. The fourth-order valence-corrected chi connectivity index (χ4v) is 4.28. The number of rotatable bonds is 9. The fourth-order valence-electron chi connectivity index (χ4n) is 3.43. The lowest BCUT2D eigenvalue weighted by Crippen LogP contribution is -2.51. The molecule has 180 valence electrons. The number of amides is 2. The Hall–Kier alpha value is -2.87. The van der Waals surface area contributed by atoms with Gasteiger partial charge in [0.15, 0.2) is 0 Å². The maximum atomic E-state index is 13.4. The number of hydrogen-bond acceptors (Lipinski definition) is 4. The van der Waals surface area contributed by atoms with Crippen molar-refractivity contribution in [3.8, 4) is 0 Å². The van der Waals surface area contributed by atoms with Gasteiger partial charge in [-0.3, -0.25) is 13.9 Å². The van der Waals surface area contributed by atoms with Gasteiger partial charge in [-0.25, -0.2) is 8.42 Å². The molecule has 0 aliphatic rings. The van der Waals surface area contributed by atoms with Crippen LogP contribution in [0.15, 0.2) is 54.6 Å². The van der Waals surface area contributed by atoms with E-state index in [1.165, 1.54) is 4.90 Å². The van der Waals surface area contributed by atoms with E-state index in [2.05, 4.69) is 26.1 Å². The Morgan fingerprint density at radius 2 is 1.58 bits per heavy atom. The van der Waals surface area contributed by atoms with Crippen molar-refractivity contribution in [2.75, 3.05) is 23.7 Å². The van der Waals surface area contributed by atoms with E-state index in [1.807, 2.05) is 42.5 Å². The molecule has 0 aromatic heterocycles. The molecule has 0 radical (unpaired) electrons. The van der Waals surface area contributed by atoms with Gasteiger partial charge in [0.25, 0.3) is 0 Å². The van der Waals surface area contributed by atoms with Gasteiger partial charge in [-0.2, -0.15) is 0 Å². The van der Waals surface area contributed by atoms with Crippen LogP contribution in [0.2, 0.25) is 0 Å². The number of carbonyl (C=O) groups excluding carboxylic acids is 2. The molecule has 33 heavy (non-hydrogen) atoms. The highest BCUT2D eigenvalue weighted by molar-refractivity contribution is 7.92. The zero-order valence-electron chi connectivity index (χ0n) is 20.3. The van der Waals surface area contributed by atoms with Crippen molar-refractivity contribution in [3.05, 3.63) is 65.7 Å². The lowest BCUT2D eigenvalue weighted by molar-refractivity contribution is -0.139. The summed E-state index contributed by atoms with van der Waals surface area (Å²) in [6.07, 6.45) is 1.08. The number of nitrogens with zero attached hydrogens (tertiary/aromatic N) is 2. The van der Waals surface area contributed by atoms with E-state index >= 15 is 0 Å². The average Bonchev–Trinajstić information content (AvgIpc) is 2.74. The second kappa shape index (κ2) is 10.8. The second-order valence-electron chi connectivity index (χ2n) is 9.14. The van der Waals surface area contributed by atoms with Crippen molar-refractivity contribution >= 4 is 27.5 Å². The largest absolute Gasteiger partial charge is 0.355 e. The Kier molecular flexibility index (Phi) is 8.66. The second-order valence-corrected chi connectivity index (χ2v) is 11.1. The van der Waals surface area contributed by atoms with E-state index in [-0.39, 0.29) is 17.9 Å². The normalized spacial score (nSPS) is 12.7. The quantitative estimate of drug-likeness (QED) is 0.605. The highest BCUT2D eigenvalue weighted by atomic mass is 32.2. The zero-order valence-corrected chi connectivity index (χ0v) is 21.1. The summed E-state index contributed by atoms with van der Waals surface area (Å²) in [5.74, 6) is -0.745. The fraction of sp³-hybridized carbons (Fsp3) is 0.440. The van der Waals surface area contributed by atoms with Crippen LogP contribution in [-0.4, -0.2) is 50.5 Å². The topological polar surface area (TPSA) is 86.8 Å². The SMILES string of the molecule is CCNC(=O)C(C)N(Cc1ccccc1)C(=O)CN(c1ccc(C(C)(C)C)cc1)S(C)(=O)=O. The molecule has 0 bridgehead atoms. The molecule has 1 unspecified atom stereocenters. The van der Waals surface area contributed by atoms with Gasteiger partial charge in [0, 0.05) is 13.1 Å². The summed E-state index contributed by atoms with van der Waals surface area (Å²) in [4.78, 5) is 27.3. The van der Waals surface area contributed by atoms with Crippen molar-refractivity contribution < 1.29 is 18.0 Å². The minimum absolute atomic E-state index is 0.0845. The highest BCUT2D eigenvalue weighted by Crippen LogP contribution is 2.26. The summed E-state index contributed by atoms with van der Waals surface area (Å²) >= 11 is 0. The molecule has 0 saturated heterocycles. The van der Waals surface area contributed by atoms with Crippen molar-refractivity contribution in [2.24, 2.45) is 0 Å². The number of anilines is 1. The van der Waals surface area contributed by atoms with Gasteiger partial charge in [-0.15, -0.1) is 0 Å². The van der Waals surface area contributed by atoms with Crippen LogP contribution < -0.4 is 9.62 Å². The van der Waals surface area contributed by atoms with Gasteiger partial charge in [-0.1, -0.05) is 63.2 Å². The molecule has 0 spiro atoms. The number of hydrogen-bond donors (Lipinski definition) is 1.